The number of fused-ring (bicyclic) bond motifs is 1. The lowest BCUT2D eigenvalue weighted by Gasteiger charge is -2.15. The van der Waals surface area contributed by atoms with E-state index in [1.54, 1.807) is 0 Å². The molecule has 0 saturated heterocycles. The van der Waals surface area contributed by atoms with Crippen LogP contribution in [-0.2, 0) is 19.4 Å². The van der Waals surface area contributed by atoms with Crippen LogP contribution >= 0.6 is 0 Å². The summed E-state index contributed by atoms with van der Waals surface area (Å²) in [5, 5.41) is 9.20. The number of rotatable bonds is 3. The van der Waals surface area contributed by atoms with E-state index in [1.807, 2.05) is 6.92 Å². The summed E-state index contributed by atoms with van der Waals surface area (Å²) in [5.74, 6) is -0.0703. The van der Waals surface area contributed by atoms with Crippen molar-refractivity contribution >= 4 is 5.97 Å². The summed E-state index contributed by atoms with van der Waals surface area (Å²) in [5.41, 5.74) is 3.06. The second-order valence-electron chi connectivity index (χ2n) is 5.03. The molecule has 6 heteroatoms. The van der Waals surface area contributed by atoms with Gasteiger partial charge in [-0.25, -0.2) is 19.7 Å². The molecule has 6 nitrogen and oxygen atoms in total. The van der Waals surface area contributed by atoms with Crippen molar-refractivity contribution in [1.82, 2.24) is 19.5 Å². The van der Waals surface area contributed by atoms with Crippen LogP contribution in [0.2, 0.25) is 0 Å². The molecular weight excluding hydrogens is 256 g/mol. The van der Waals surface area contributed by atoms with Gasteiger partial charge in [-0.05, 0) is 32.6 Å². The van der Waals surface area contributed by atoms with E-state index < -0.39 is 5.97 Å². The Bertz CT molecular complexity index is 663. The first-order chi connectivity index (χ1) is 9.66. The second-order valence-corrected chi connectivity index (χ2v) is 5.03. The molecule has 0 fully saturated rings. The lowest BCUT2D eigenvalue weighted by molar-refractivity contribution is 0.0694. The van der Waals surface area contributed by atoms with Crippen LogP contribution in [0.15, 0.2) is 12.5 Å². The number of imidazole rings is 1. The van der Waals surface area contributed by atoms with Gasteiger partial charge in [0.1, 0.15) is 17.7 Å². The van der Waals surface area contributed by atoms with Gasteiger partial charge in [-0.15, -0.1) is 0 Å². The molecule has 2 aromatic heterocycles. The van der Waals surface area contributed by atoms with Crippen molar-refractivity contribution < 1.29 is 9.90 Å². The molecule has 0 aliphatic heterocycles. The molecular formula is C14H16N4O2. The third-order valence-corrected chi connectivity index (χ3v) is 3.76. The SMILES string of the molecule is Cc1nc2c(n1Cc1ncncc1C(=O)O)CCCC2. The molecule has 0 spiro atoms. The number of carboxylic acids is 1. The van der Waals surface area contributed by atoms with Crippen molar-refractivity contribution in [1.29, 1.82) is 0 Å². The minimum absolute atomic E-state index is 0.158. The van der Waals surface area contributed by atoms with Crippen LogP contribution in [-0.4, -0.2) is 30.6 Å². The summed E-state index contributed by atoms with van der Waals surface area (Å²) in [4.78, 5) is 23.7. The first kappa shape index (κ1) is 12.8. The highest BCUT2D eigenvalue weighted by molar-refractivity contribution is 5.88. The molecule has 1 N–H and O–H groups in total. The van der Waals surface area contributed by atoms with Gasteiger partial charge in [0.15, 0.2) is 0 Å². The third-order valence-electron chi connectivity index (χ3n) is 3.76. The van der Waals surface area contributed by atoms with Crippen molar-refractivity contribution in [2.75, 3.05) is 0 Å². The highest BCUT2D eigenvalue weighted by atomic mass is 16.4. The first-order valence-electron chi connectivity index (χ1n) is 6.74. The molecule has 2 aromatic rings. The second kappa shape index (κ2) is 5.03. The van der Waals surface area contributed by atoms with Gasteiger partial charge >= 0.3 is 5.97 Å². The van der Waals surface area contributed by atoms with E-state index in [2.05, 4.69) is 19.5 Å². The quantitative estimate of drug-likeness (QED) is 0.918. The Morgan fingerprint density at radius 2 is 2.20 bits per heavy atom. The van der Waals surface area contributed by atoms with Crippen molar-refractivity contribution in [3.63, 3.8) is 0 Å². The maximum Gasteiger partial charge on any atom is 0.339 e. The lowest BCUT2D eigenvalue weighted by atomic mass is 10.0. The molecule has 104 valence electrons. The molecule has 0 saturated carbocycles. The van der Waals surface area contributed by atoms with Crippen molar-refractivity contribution in [3.8, 4) is 0 Å². The zero-order chi connectivity index (χ0) is 14.1. The predicted molar refractivity (Wildman–Crippen MR) is 71.7 cm³/mol. The third kappa shape index (κ3) is 2.17. The highest BCUT2D eigenvalue weighted by Gasteiger charge is 2.20. The van der Waals surface area contributed by atoms with E-state index in [0.717, 1.165) is 30.8 Å². The molecule has 0 amide bonds. The molecule has 0 radical (unpaired) electrons. The highest BCUT2D eigenvalue weighted by Crippen LogP contribution is 2.23. The fourth-order valence-corrected chi connectivity index (χ4v) is 2.75. The summed E-state index contributed by atoms with van der Waals surface area (Å²) >= 11 is 0. The average Bonchev–Trinajstić information content (AvgIpc) is 2.76. The summed E-state index contributed by atoms with van der Waals surface area (Å²) in [6, 6.07) is 0. The Morgan fingerprint density at radius 1 is 1.40 bits per heavy atom. The average molecular weight is 272 g/mol. The number of aromatic nitrogens is 4. The van der Waals surface area contributed by atoms with Crippen molar-refractivity contribution in [2.24, 2.45) is 0 Å². The van der Waals surface area contributed by atoms with Gasteiger partial charge in [-0.2, -0.15) is 0 Å². The van der Waals surface area contributed by atoms with Gasteiger partial charge in [0.05, 0.1) is 17.9 Å². The number of hydrogen-bond acceptors (Lipinski definition) is 4. The zero-order valence-electron chi connectivity index (χ0n) is 11.3. The topological polar surface area (TPSA) is 80.9 Å². The van der Waals surface area contributed by atoms with Gasteiger partial charge in [-0.1, -0.05) is 0 Å². The molecule has 1 aliphatic rings. The number of aromatic carboxylic acids is 1. The Kier molecular flexibility index (Phi) is 3.22. The van der Waals surface area contributed by atoms with Gasteiger partial charge in [0, 0.05) is 11.9 Å². The molecule has 0 atom stereocenters. The lowest BCUT2D eigenvalue weighted by Crippen LogP contribution is -2.14. The summed E-state index contributed by atoms with van der Waals surface area (Å²) < 4.78 is 2.09. The maximum absolute atomic E-state index is 11.2. The first-order valence-corrected chi connectivity index (χ1v) is 6.74. The molecule has 0 unspecified atom stereocenters. The molecule has 0 aromatic carbocycles. The van der Waals surface area contributed by atoms with Crippen LogP contribution in [0.4, 0.5) is 0 Å². The minimum Gasteiger partial charge on any atom is -0.478 e. The number of carbonyl (C=O) groups is 1. The Morgan fingerprint density at radius 3 is 3.00 bits per heavy atom. The minimum atomic E-state index is -0.993. The molecule has 3 rings (SSSR count). The summed E-state index contributed by atoms with van der Waals surface area (Å²) in [7, 11) is 0. The van der Waals surface area contributed by atoms with E-state index in [1.165, 1.54) is 24.6 Å². The van der Waals surface area contributed by atoms with Crippen LogP contribution in [0, 0.1) is 6.92 Å². The van der Waals surface area contributed by atoms with Gasteiger partial charge in [0.2, 0.25) is 0 Å². The van der Waals surface area contributed by atoms with Crippen LogP contribution in [0.3, 0.4) is 0 Å². The van der Waals surface area contributed by atoms with E-state index >= 15 is 0 Å². The van der Waals surface area contributed by atoms with E-state index in [0.29, 0.717) is 12.2 Å². The molecule has 1 aliphatic carbocycles. The fourth-order valence-electron chi connectivity index (χ4n) is 2.75. The van der Waals surface area contributed by atoms with Gasteiger partial charge < -0.3 is 9.67 Å². The van der Waals surface area contributed by atoms with E-state index in [4.69, 9.17) is 0 Å². The number of hydrogen-bond donors (Lipinski definition) is 1. The Hall–Kier alpha value is -2.24. The summed E-state index contributed by atoms with van der Waals surface area (Å²) in [6.45, 7) is 2.40. The van der Waals surface area contributed by atoms with Crippen molar-refractivity contribution in [3.05, 3.63) is 41.0 Å². The maximum atomic E-state index is 11.2. The number of nitrogens with zero attached hydrogens (tertiary/aromatic N) is 4. The smallest absolute Gasteiger partial charge is 0.339 e. The summed E-state index contributed by atoms with van der Waals surface area (Å²) in [6.07, 6.45) is 7.09. The van der Waals surface area contributed by atoms with Crippen LogP contribution in [0.1, 0.15) is 46.1 Å². The fraction of sp³-hybridized carbons (Fsp3) is 0.429. The molecule has 0 bridgehead atoms. The Balaban J connectivity index is 2.00. The van der Waals surface area contributed by atoms with Gasteiger partial charge in [-0.3, -0.25) is 0 Å². The Labute approximate surface area is 116 Å². The van der Waals surface area contributed by atoms with E-state index in [9.17, 15) is 9.90 Å². The zero-order valence-corrected chi connectivity index (χ0v) is 11.3. The molecule has 20 heavy (non-hydrogen) atoms. The standard InChI is InChI=1S/C14H16N4O2/c1-9-17-11-4-2-3-5-13(11)18(9)7-12-10(14(19)20)6-15-8-16-12/h6,8H,2-5,7H2,1H3,(H,19,20). The largest absolute Gasteiger partial charge is 0.478 e. The predicted octanol–water partition coefficient (Wildman–Crippen LogP) is 1.61. The van der Waals surface area contributed by atoms with Crippen LogP contribution in [0.25, 0.3) is 0 Å². The monoisotopic (exact) mass is 272 g/mol. The number of aryl methyl sites for hydroxylation is 2. The van der Waals surface area contributed by atoms with Crippen molar-refractivity contribution in [2.45, 2.75) is 39.2 Å². The number of carboxylic acid groups (broad SMARTS) is 1. The normalized spacial score (nSPS) is 14.1. The van der Waals surface area contributed by atoms with Crippen LogP contribution < -0.4 is 0 Å². The van der Waals surface area contributed by atoms with Gasteiger partial charge in [0.25, 0.3) is 0 Å². The molecule has 2 heterocycles. The van der Waals surface area contributed by atoms with Crippen LogP contribution in [0.5, 0.6) is 0 Å². The van der Waals surface area contributed by atoms with E-state index in [-0.39, 0.29) is 5.56 Å².